The topological polar surface area (TPSA) is 83.6 Å². The van der Waals surface area contributed by atoms with E-state index in [1.807, 2.05) is 0 Å². The van der Waals surface area contributed by atoms with Gasteiger partial charge in [-0.3, -0.25) is 0 Å². The van der Waals surface area contributed by atoms with Crippen LogP contribution in [-0.4, -0.2) is 16.2 Å². The van der Waals surface area contributed by atoms with Crippen molar-refractivity contribution in [2.45, 2.75) is 18.9 Å². The third-order valence-corrected chi connectivity index (χ3v) is 2.99. The summed E-state index contributed by atoms with van der Waals surface area (Å²) in [6.07, 6.45) is 0.414. The predicted molar refractivity (Wildman–Crippen MR) is 56.1 cm³/mol. The number of rotatable bonds is 1. The minimum atomic E-state index is -1.15. The largest absolute Gasteiger partial charge is 0.478 e. The van der Waals surface area contributed by atoms with Gasteiger partial charge in [0.25, 0.3) is 0 Å². The zero-order valence-corrected chi connectivity index (χ0v) is 8.58. The van der Waals surface area contributed by atoms with Gasteiger partial charge < -0.3 is 15.9 Å². The number of carboxylic acids is 1. The number of fused-ring (bicyclic) bond motifs is 1. The third kappa shape index (κ3) is 1.46. The molecular weight excluding hydrogens is 218 g/mol. The number of hydrogen-bond donors (Lipinski definition) is 3. The lowest BCUT2D eigenvalue weighted by Gasteiger charge is -2.12. The molecule has 0 aromatic heterocycles. The molecule has 1 unspecified atom stereocenters. The van der Waals surface area contributed by atoms with Gasteiger partial charge in [0.2, 0.25) is 0 Å². The Labute approximate surface area is 91.3 Å². The van der Waals surface area contributed by atoms with E-state index in [-0.39, 0.29) is 16.3 Å². The minimum Gasteiger partial charge on any atom is -0.478 e. The Hall–Kier alpha value is -1.26. The Morgan fingerprint density at radius 2 is 2.27 bits per heavy atom. The summed E-state index contributed by atoms with van der Waals surface area (Å²) in [4.78, 5) is 11.0. The van der Waals surface area contributed by atoms with Crippen LogP contribution in [0.15, 0.2) is 6.07 Å². The fourth-order valence-electron chi connectivity index (χ4n) is 1.99. The lowest BCUT2D eigenvalue weighted by molar-refractivity contribution is 0.0691. The Morgan fingerprint density at radius 3 is 2.87 bits per heavy atom. The van der Waals surface area contributed by atoms with Crippen molar-refractivity contribution in [2.75, 3.05) is 5.73 Å². The number of halogens is 1. The van der Waals surface area contributed by atoms with Crippen LogP contribution in [0.5, 0.6) is 0 Å². The van der Waals surface area contributed by atoms with E-state index in [1.54, 1.807) is 6.07 Å². The Morgan fingerprint density at radius 1 is 1.60 bits per heavy atom. The van der Waals surface area contributed by atoms with Crippen LogP contribution in [0.3, 0.4) is 0 Å². The molecule has 0 saturated heterocycles. The van der Waals surface area contributed by atoms with Crippen molar-refractivity contribution < 1.29 is 15.0 Å². The number of aryl methyl sites for hydroxylation is 1. The molecule has 1 aromatic carbocycles. The maximum Gasteiger partial charge on any atom is 0.338 e. The minimum absolute atomic E-state index is 0.0314. The molecule has 1 aliphatic carbocycles. The molecule has 0 radical (unpaired) electrons. The number of anilines is 1. The second kappa shape index (κ2) is 3.40. The molecule has 1 atom stereocenters. The number of aliphatic hydroxyl groups is 1. The molecule has 2 rings (SSSR count). The molecule has 5 heteroatoms. The second-order valence-electron chi connectivity index (χ2n) is 3.58. The number of carboxylic acid groups (broad SMARTS) is 1. The number of nitrogen functional groups attached to an aromatic ring is 1. The number of nitrogens with two attached hydrogens (primary N) is 1. The summed E-state index contributed by atoms with van der Waals surface area (Å²) in [7, 11) is 0. The summed E-state index contributed by atoms with van der Waals surface area (Å²) in [5.41, 5.74) is 6.77. The van der Waals surface area contributed by atoms with Crippen molar-refractivity contribution in [2.24, 2.45) is 0 Å². The third-order valence-electron chi connectivity index (χ3n) is 2.68. The van der Waals surface area contributed by atoms with Gasteiger partial charge in [-0.2, -0.15) is 0 Å². The monoisotopic (exact) mass is 227 g/mol. The standard InChI is InChI=1S/C10H10ClNO3/c11-5-3-4-1-2-6(13)7(4)8(9(5)12)10(14)15/h3,6,13H,1-2,12H2,(H,14,15). The quantitative estimate of drug-likeness (QED) is 0.637. The zero-order valence-electron chi connectivity index (χ0n) is 7.83. The number of aliphatic hydroxyl groups excluding tert-OH is 1. The molecule has 80 valence electrons. The van der Waals surface area contributed by atoms with Gasteiger partial charge in [-0.25, -0.2) is 4.79 Å². The summed E-state index contributed by atoms with van der Waals surface area (Å²) in [6, 6.07) is 1.63. The molecule has 0 heterocycles. The van der Waals surface area contributed by atoms with Gasteiger partial charge in [0, 0.05) is 5.56 Å². The molecule has 0 aliphatic heterocycles. The summed E-state index contributed by atoms with van der Waals surface area (Å²) in [5, 5.41) is 18.9. The molecule has 4 nitrogen and oxygen atoms in total. The lowest BCUT2D eigenvalue weighted by Crippen LogP contribution is -2.09. The summed E-state index contributed by atoms with van der Waals surface area (Å²) < 4.78 is 0. The molecular formula is C10H10ClNO3. The van der Waals surface area contributed by atoms with Crippen LogP contribution >= 0.6 is 11.6 Å². The Kier molecular flexibility index (Phi) is 2.32. The summed E-state index contributed by atoms with van der Waals surface area (Å²) in [5.74, 6) is -1.15. The second-order valence-corrected chi connectivity index (χ2v) is 3.99. The van der Waals surface area contributed by atoms with E-state index in [0.717, 1.165) is 5.56 Å². The average molecular weight is 228 g/mol. The lowest BCUT2D eigenvalue weighted by atomic mass is 10.0. The molecule has 1 aliphatic rings. The van der Waals surface area contributed by atoms with E-state index in [1.165, 1.54) is 0 Å². The van der Waals surface area contributed by atoms with Crippen LogP contribution in [0.1, 0.15) is 34.0 Å². The zero-order chi connectivity index (χ0) is 11.2. The van der Waals surface area contributed by atoms with Crippen LogP contribution in [0.25, 0.3) is 0 Å². The van der Waals surface area contributed by atoms with Crippen molar-refractivity contribution in [3.05, 3.63) is 27.8 Å². The maximum atomic E-state index is 11.0. The van der Waals surface area contributed by atoms with Crippen molar-refractivity contribution in [1.82, 2.24) is 0 Å². The van der Waals surface area contributed by atoms with Crippen LogP contribution in [0.2, 0.25) is 5.02 Å². The fraction of sp³-hybridized carbons (Fsp3) is 0.300. The fourth-order valence-corrected chi connectivity index (χ4v) is 2.21. The molecule has 1 aromatic rings. The van der Waals surface area contributed by atoms with Gasteiger partial charge in [-0.1, -0.05) is 11.6 Å². The SMILES string of the molecule is Nc1c(Cl)cc2c(c1C(=O)O)C(O)CC2. The van der Waals surface area contributed by atoms with E-state index < -0.39 is 12.1 Å². The number of benzene rings is 1. The normalized spacial score (nSPS) is 18.9. The Bertz CT molecular complexity index is 445. The highest BCUT2D eigenvalue weighted by Crippen LogP contribution is 2.39. The van der Waals surface area contributed by atoms with Crippen molar-refractivity contribution in [1.29, 1.82) is 0 Å². The van der Waals surface area contributed by atoms with Crippen molar-refractivity contribution in [3.63, 3.8) is 0 Å². The molecule has 0 fully saturated rings. The summed E-state index contributed by atoms with van der Waals surface area (Å²) >= 11 is 5.82. The van der Waals surface area contributed by atoms with Crippen LogP contribution < -0.4 is 5.73 Å². The molecule has 0 amide bonds. The maximum absolute atomic E-state index is 11.0. The number of aromatic carboxylic acids is 1. The first-order valence-corrected chi connectivity index (χ1v) is 4.92. The summed E-state index contributed by atoms with van der Waals surface area (Å²) in [6.45, 7) is 0. The van der Waals surface area contributed by atoms with Crippen LogP contribution in [-0.2, 0) is 6.42 Å². The molecule has 0 saturated carbocycles. The first kappa shape index (κ1) is 10.3. The van der Waals surface area contributed by atoms with Crippen molar-refractivity contribution in [3.8, 4) is 0 Å². The predicted octanol–water partition coefficient (Wildman–Crippen LogP) is 1.60. The average Bonchev–Trinajstić information content (AvgIpc) is 2.49. The van der Waals surface area contributed by atoms with Gasteiger partial charge in [0.15, 0.2) is 0 Å². The van der Waals surface area contributed by atoms with E-state index in [0.29, 0.717) is 18.4 Å². The molecule has 15 heavy (non-hydrogen) atoms. The Balaban J connectivity index is 2.75. The number of hydrogen-bond acceptors (Lipinski definition) is 3. The van der Waals surface area contributed by atoms with E-state index >= 15 is 0 Å². The van der Waals surface area contributed by atoms with Crippen LogP contribution in [0.4, 0.5) is 5.69 Å². The highest BCUT2D eigenvalue weighted by molar-refractivity contribution is 6.34. The molecule has 0 spiro atoms. The van der Waals surface area contributed by atoms with Gasteiger partial charge in [-0.15, -0.1) is 0 Å². The highest BCUT2D eigenvalue weighted by Gasteiger charge is 2.29. The van der Waals surface area contributed by atoms with Gasteiger partial charge in [-0.05, 0) is 24.5 Å². The number of carbonyl (C=O) groups is 1. The van der Waals surface area contributed by atoms with E-state index in [2.05, 4.69) is 0 Å². The molecule has 4 N–H and O–H groups in total. The molecule has 0 bridgehead atoms. The van der Waals surface area contributed by atoms with Gasteiger partial charge in [0.1, 0.15) is 0 Å². The highest BCUT2D eigenvalue weighted by atomic mass is 35.5. The first-order valence-electron chi connectivity index (χ1n) is 4.54. The van der Waals surface area contributed by atoms with E-state index in [4.69, 9.17) is 22.4 Å². The van der Waals surface area contributed by atoms with E-state index in [9.17, 15) is 9.90 Å². The van der Waals surface area contributed by atoms with Crippen LogP contribution in [0, 0.1) is 0 Å². The van der Waals surface area contributed by atoms with Gasteiger partial charge >= 0.3 is 5.97 Å². The first-order chi connectivity index (χ1) is 7.02. The smallest absolute Gasteiger partial charge is 0.338 e. The van der Waals surface area contributed by atoms with Crippen molar-refractivity contribution >= 4 is 23.3 Å². The van der Waals surface area contributed by atoms with Gasteiger partial charge in [0.05, 0.1) is 22.4 Å².